The first-order valence-electron chi connectivity index (χ1n) is 6.92. The Kier molecular flexibility index (Phi) is 7.70. The number of hydrogen-bond acceptors (Lipinski definition) is 3. The highest BCUT2D eigenvalue weighted by Crippen LogP contribution is 2.29. The van der Waals surface area contributed by atoms with Crippen LogP contribution in [-0.4, -0.2) is 43.4 Å². The fourth-order valence-corrected chi connectivity index (χ4v) is 2.51. The molecule has 3 unspecified atom stereocenters. The molecule has 3 atom stereocenters. The summed E-state index contributed by atoms with van der Waals surface area (Å²) in [6.45, 7) is 2.18. The molecule has 0 amide bonds. The normalized spacial score (nSPS) is 26.5. The smallest absolute Gasteiger partial charge is 0.250 e. The van der Waals surface area contributed by atoms with E-state index in [1.165, 1.54) is 19.3 Å². The second kappa shape index (κ2) is 8.77. The largest absolute Gasteiger partial charge is 0.389 e. The predicted octanol–water partition coefficient (Wildman–Crippen LogP) is 2.19. The maximum atomic E-state index is 11.9. The van der Waals surface area contributed by atoms with Crippen molar-refractivity contribution >= 4 is 0 Å². The van der Waals surface area contributed by atoms with Gasteiger partial charge in [-0.25, -0.2) is 8.78 Å². The zero-order valence-electron chi connectivity index (χ0n) is 11.1. The van der Waals surface area contributed by atoms with Gasteiger partial charge < -0.3 is 15.2 Å². The van der Waals surface area contributed by atoms with Crippen LogP contribution in [0.25, 0.3) is 0 Å². The Labute approximate surface area is 108 Å². The van der Waals surface area contributed by atoms with Crippen molar-refractivity contribution < 1.29 is 18.6 Å². The summed E-state index contributed by atoms with van der Waals surface area (Å²) < 4.78 is 29.5. The Balaban J connectivity index is 2.14. The number of hydrogen-bond donors (Lipinski definition) is 2. The van der Waals surface area contributed by atoms with Crippen molar-refractivity contribution in [1.82, 2.24) is 5.32 Å². The zero-order valence-corrected chi connectivity index (χ0v) is 11.1. The van der Waals surface area contributed by atoms with Crippen molar-refractivity contribution in [2.75, 3.05) is 19.7 Å². The number of rotatable bonds is 8. The molecular weight excluding hydrogens is 240 g/mol. The topological polar surface area (TPSA) is 41.5 Å². The van der Waals surface area contributed by atoms with Gasteiger partial charge >= 0.3 is 0 Å². The number of nitrogens with one attached hydrogen (secondary N) is 1. The molecule has 0 aromatic heterocycles. The van der Waals surface area contributed by atoms with Gasteiger partial charge in [0.15, 0.2) is 0 Å². The van der Waals surface area contributed by atoms with E-state index in [-0.39, 0.29) is 25.8 Å². The van der Waals surface area contributed by atoms with Gasteiger partial charge in [-0.3, -0.25) is 0 Å². The highest BCUT2D eigenvalue weighted by molar-refractivity contribution is 4.75. The van der Waals surface area contributed by atoms with E-state index in [0.717, 1.165) is 12.8 Å². The Morgan fingerprint density at radius 3 is 2.67 bits per heavy atom. The van der Waals surface area contributed by atoms with E-state index in [9.17, 15) is 13.9 Å². The van der Waals surface area contributed by atoms with E-state index in [1.807, 2.05) is 0 Å². The van der Waals surface area contributed by atoms with Gasteiger partial charge in [0.2, 0.25) is 0 Å². The molecule has 1 rings (SSSR count). The molecule has 0 saturated heterocycles. The van der Waals surface area contributed by atoms with E-state index in [1.54, 1.807) is 0 Å². The minimum Gasteiger partial charge on any atom is -0.389 e. The second-order valence-electron chi connectivity index (χ2n) is 5.03. The fourth-order valence-electron chi connectivity index (χ4n) is 2.51. The Morgan fingerprint density at radius 2 is 2.00 bits per heavy atom. The quantitative estimate of drug-likeness (QED) is 0.707. The molecule has 0 spiro atoms. The maximum Gasteiger partial charge on any atom is 0.250 e. The van der Waals surface area contributed by atoms with Gasteiger partial charge in [-0.2, -0.15) is 0 Å². The summed E-state index contributed by atoms with van der Waals surface area (Å²) in [5, 5.41) is 12.1. The van der Waals surface area contributed by atoms with Crippen LogP contribution in [0, 0.1) is 5.92 Å². The number of aliphatic hydroxyl groups is 1. The van der Waals surface area contributed by atoms with Gasteiger partial charge in [-0.15, -0.1) is 0 Å². The average molecular weight is 265 g/mol. The number of alkyl halides is 2. The van der Waals surface area contributed by atoms with Crippen LogP contribution in [0.3, 0.4) is 0 Å². The third-order valence-electron chi connectivity index (χ3n) is 3.55. The van der Waals surface area contributed by atoms with E-state index in [4.69, 9.17) is 4.74 Å². The zero-order chi connectivity index (χ0) is 13.4. The molecule has 1 aliphatic carbocycles. The first-order valence-corrected chi connectivity index (χ1v) is 6.92. The highest BCUT2D eigenvalue weighted by Gasteiger charge is 2.24. The van der Waals surface area contributed by atoms with Crippen LogP contribution >= 0.6 is 0 Å². The molecule has 1 fully saturated rings. The Bertz CT molecular complexity index is 217. The standard InChI is InChI=1S/C13H25F2NO2/c1-2-10-5-3-4-6-12(10)18-9-11(17)7-16-8-13(14)15/h10-13,16-17H,2-9H2,1H3. The van der Waals surface area contributed by atoms with Gasteiger partial charge in [0.25, 0.3) is 6.43 Å². The van der Waals surface area contributed by atoms with Crippen molar-refractivity contribution in [2.24, 2.45) is 5.92 Å². The molecule has 2 N–H and O–H groups in total. The summed E-state index contributed by atoms with van der Waals surface area (Å²) >= 11 is 0. The lowest BCUT2D eigenvalue weighted by atomic mass is 9.85. The van der Waals surface area contributed by atoms with Crippen molar-refractivity contribution in [1.29, 1.82) is 0 Å². The lowest BCUT2D eigenvalue weighted by Crippen LogP contribution is -2.36. The highest BCUT2D eigenvalue weighted by atomic mass is 19.3. The Hall–Kier alpha value is -0.260. The van der Waals surface area contributed by atoms with Crippen molar-refractivity contribution in [3.05, 3.63) is 0 Å². The van der Waals surface area contributed by atoms with E-state index < -0.39 is 12.5 Å². The second-order valence-corrected chi connectivity index (χ2v) is 5.03. The molecule has 0 aliphatic heterocycles. The van der Waals surface area contributed by atoms with Crippen molar-refractivity contribution in [3.8, 4) is 0 Å². The van der Waals surface area contributed by atoms with E-state index >= 15 is 0 Å². The lowest BCUT2D eigenvalue weighted by molar-refractivity contribution is -0.0503. The molecule has 0 aromatic carbocycles. The van der Waals surface area contributed by atoms with Crippen LogP contribution < -0.4 is 5.32 Å². The molecule has 1 aliphatic rings. The third kappa shape index (κ3) is 6.07. The maximum absolute atomic E-state index is 11.9. The molecule has 0 radical (unpaired) electrons. The fraction of sp³-hybridized carbons (Fsp3) is 1.00. The van der Waals surface area contributed by atoms with Gasteiger partial charge in [0.1, 0.15) is 0 Å². The lowest BCUT2D eigenvalue weighted by Gasteiger charge is -2.31. The number of ether oxygens (including phenoxy) is 1. The van der Waals surface area contributed by atoms with Crippen molar-refractivity contribution in [3.63, 3.8) is 0 Å². The van der Waals surface area contributed by atoms with Crippen LogP contribution in [0.1, 0.15) is 39.0 Å². The molecular formula is C13H25F2NO2. The SMILES string of the molecule is CCC1CCCCC1OCC(O)CNCC(F)F. The van der Waals surface area contributed by atoms with Gasteiger partial charge in [0, 0.05) is 6.54 Å². The summed E-state index contributed by atoms with van der Waals surface area (Å²) in [6, 6.07) is 0. The van der Waals surface area contributed by atoms with Gasteiger partial charge in [0.05, 0.1) is 25.4 Å². The Morgan fingerprint density at radius 1 is 1.28 bits per heavy atom. The summed E-state index contributed by atoms with van der Waals surface area (Å²) in [6.07, 6.45) is 2.94. The van der Waals surface area contributed by atoms with E-state index in [0.29, 0.717) is 5.92 Å². The number of aliphatic hydroxyl groups excluding tert-OH is 1. The molecule has 3 nitrogen and oxygen atoms in total. The molecule has 18 heavy (non-hydrogen) atoms. The molecule has 0 aromatic rings. The third-order valence-corrected chi connectivity index (χ3v) is 3.55. The van der Waals surface area contributed by atoms with Crippen LogP contribution in [0.15, 0.2) is 0 Å². The average Bonchev–Trinajstić information content (AvgIpc) is 2.36. The van der Waals surface area contributed by atoms with Crippen LogP contribution in [-0.2, 0) is 4.74 Å². The first kappa shape index (κ1) is 15.8. The monoisotopic (exact) mass is 265 g/mol. The minimum atomic E-state index is -2.37. The van der Waals surface area contributed by atoms with Gasteiger partial charge in [-0.05, 0) is 18.8 Å². The van der Waals surface area contributed by atoms with Crippen molar-refractivity contribution in [2.45, 2.75) is 57.7 Å². The summed E-state index contributed by atoms with van der Waals surface area (Å²) in [5.74, 6) is 0.583. The predicted molar refractivity (Wildman–Crippen MR) is 66.9 cm³/mol. The van der Waals surface area contributed by atoms with Crippen LogP contribution in [0.5, 0.6) is 0 Å². The minimum absolute atomic E-state index is 0.161. The molecule has 0 heterocycles. The van der Waals surface area contributed by atoms with Crippen LogP contribution in [0.4, 0.5) is 8.78 Å². The molecule has 1 saturated carbocycles. The summed E-state index contributed by atoms with van der Waals surface area (Å²) in [5.41, 5.74) is 0. The molecule has 5 heteroatoms. The molecule has 0 bridgehead atoms. The van der Waals surface area contributed by atoms with E-state index in [2.05, 4.69) is 12.2 Å². The summed E-state index contributed by atoms with van der Waals surface area (Å²) in [7, 11) is 0. The number of halogens is 2. The van der Waals surface area contributed by atoms with Crippen LogP contribution in [0.2, 0.25) is 0 Å². The summed E-state index contributed by atoms with van der Waals surface area (Å²) in [4.78, 5) is 0. The van der Waals surface area contributed by atoms with Gasteiger partial charge in [-0.1, -0.05) is 26.2 Å². The molecule has 108 valence electrons. The first-order chi connectivity index (χ1) is 8.63.